The standard InChI is InChI=1S/C10H14FNO2S/c1-3-8(2)12-15(13,14)10-6-4-5-9(11)7-10/h4-8,12H,3H2,1-2H3. The second-order valence-corrected chi connectivity index (χ2v) is 5.10. The summed E-state index contributed by atoms with van der Waals surface area (Å²) in [6.45, 7) is 3.63. The van der Waals surface area contributed by atoms with Gasteiger partial charge in [-0.05, 0) is 31.5 Å². The lowest BCUT2D eigenvalue weighted by Crippen LogP contribution is -2.32. The van der Waals surface area contributed by atoms with Crippen LogP contribution in [-0.2, 0) is 10.0 Å². The van der Waals surface area contributed by atoms with E-state index in [-0.39, 0.29) is 10.9 Å². The highest BCUT2D eigenvalue weighted by molar-refractivity contribution is 7.89. The van der Waals surface area contributed by atoms with Gasteiger partial charge in [0.05, 0.1) is 4.90 Å². The van der Waals surface area contributed by atoms with Gasteiger partial charge < -0.3 is 0 Å². The summed E-state index contributed by atoms with van der Waals surface area (Å²) in [6, 6.07) is 4.81. The summed E-state index contributed by atoms with van der Waals surface area (Å²) >= 11 is 0. The molecule has 5 heteroatoms. The Labute approximate surface area is 89.4 Å². The van der Waals surface area contributed by atoms with Crippen LogP contribution in [0.25, 0.3) is 0 Å². The largest absolute Gasteiger partial charge is 0.240 e. The molecular weight excluding hydrogens is 217 g/mol. The van der Waals surface area contributed by atoms with Crippen molar-refractivity contribution in [2.24, 2.45) is 0 Å². The molecule has 1 aromatic rings. The Morgan fingerprint density at radius 3 is 2.67 bits per heavy atom. The highest BCUT2D eigenvalue weighted by atomic mass is 32.2. The zero-order valence-corrected chi connectivity index (χ0v) is 9.51. The van der Waals surface area contributed by atoms with E-state index in [1.807, 2.05) is 6.92 Å². The van der Waals surface area contributed by atoms with Crippen molar-refractivity contribution >= 4 is 10.0 Å². The van der Waals surface area contributed by atoms with Crippen LogP contribution in [0.5, 0.6) is 0 Å². The lowest BCUT2D eigenvalue weighted by Gasteiger charge is -2.11. The number of nitrogens with one attached hydrogen (secondary N) is 1. The first kappa shape index (κ1) is 12.1. The Morgan fingerprint density at radius 2 is 2.13 bits per heavy atom. The molecule has 0 radical (unpaired) electrons. The first-order valence-electron chi connectivity index (χ1n) is 4.73. The predicted octanol–water partition coefficient (Wildman–Crippen LogP) is 1.90. The van der Waals surface area contributed by atoms with Crippen LogP contribution in [-0.4, -0.2) is 14.5 Å². The number of halogens is 1. The lowest BCUT2D eigenvalue weighted by atomic mass is 10.3. The average molecular weight is 231 g/mol. The summed E-state index contributed by atoms with van der Waals surface area (Å²) in [7, 11) is -3.58. The SMILES string of the molecule is CCC(C)NS(=O)(=O)c1cccc(F)c1. The van der Waals surface area contributed by atoms with Crippen molar-refractivity contribution in [1.29, 1.82) is 0 Å². The molecule has 0 saturated carbocycles. The molecular formula is C10H14FNO2S. The molecule has 84 valence electrons. The maximum atomic E-state index is 12.8. The fourth-order valence-corrected chi connectivity index (χ4v) is 2.41. The summed E-state index contributed by atoms with van der Waals surface area (Å²) < 4.78 is 38.6. The minimum absolute atomic E-state index is 0.0391. The molecule has 15 heavy (non-hydrogen) atoms. The van der Waals surface area contributed by atoms with Gasteiger partial charge in [-0.1, -0.05) is 13.0 Å². The van der Waals surface area contributed by atoms with Crippen LogP contribution in [0.4, 0.5) is 4.39 Å². The number of benzene rings is 1. The summed E-state index contributed by atoms with van der Waals surface area (Å²) in [5.74, 6) is -0.554. The van der Waals surface area contributed by atoms with Gasteiger partial charge in [-0.2, -0.15) is 0 Å². The third-order valence-corrected chi connectivity index (χ3v) is 3.66. The molecule has 0 amide bonds. The molecule has 1 atom stereocenters. The van der Waals surface area contributed by atoms with Gasteiger partial charge in [0.15, 0.2) is 0 Å². The quantitative estimate of drug-likeness (QED) is 0.860. The first-order valence-corrected chi connectivity index (χ1v) is 6.22. The summed E-state index contributed by atoms with van der Waals surface area (Å²) in [5.41, 5.74) is 0. The van der Waals surface area contributed by atoms with Gasteiger partial charge in [-0.15, -0.1) is 0 Å². The Kier molecular flexibility index (Phi) is 3.82. The molecule has 3 nitrogen and oxygen atoms in total. The third kappa shape index (κ3) is 3.28. The van der Waals surface area contributed by atoms with E-state index >= 15 is 0 Å². The van der Waals surface area contributed by atoms with Crippen molar-refractivity contribution in [3.05, 3.63) is 30.1 Å². The van der Waals surface area contributed by atoms with E-state index in [4.69, 9.17) is 0 Å². The Bertz CT molecular complexity index is 431. The second kappa shape index (κ2) is 4.72. The molecule has 1 N–H and O–H groups in total. The number of rotatable bonds is 4. The smallest absolute Gasteiger partial charge is 0.208 e. The number of hydrogen-bond donors (Lipinski definition) is 1. The van der Waals surface area contributed by atoms with Crippen LogP contribution < -0.4 is 4.72 Å². The lowest BCUT2D eigenvalue weighted by molar-refractivity contribution is 0.553. The zero-order valence-electron chi connectivity index (χ0n) is 8.70. The van der Waals surface area contributed by atoms with E-state index in [9.17, 15) is 12.8 Å². The molecule has 0 heterocycles. The highest BCUT2D eigenvalue weighted by Crippen LogP contribution is 2.11. The van der Waals surface area contributed by atoms with E-state index in [1.54, 1.807) is 6.92 Å². The fourth-order valence-electron chi connectivity index (χ4n) is 1.05. The van der Waals surface area contributed by atoms with Gasteiger partial charge in [0.25, 0.3) is 0 Å². The maximum absolute atomic E-state index is 12.8. The van der Waals surface area contributed by atoms with Gasteiger partial charge in [0.1, 0.15) is 5.82 Å². The monoisotopic (exact) mass is 231 g/mol. The van der Waals surface area contributed by atoms with E-state index in [1.165, 1.54) is 18.2 Å². The Hall–Kier alpha value is -0.940. The molecule has 0 aromatic heterocycles. The van der Waals surface area contributed by atoms with E-state index < -0.39 is 15.8 Å². The predicted molar refractivity (Wildman–Crippen MR) is 56.5 cm³/mol. The molecule has 0 aliphatic rings. The number of hydrogen-bond acceptors (Lipinski definition) is 2. The second-order valence-electron chi connectivity index (χ2n) is 3.39. The summed E-state index contributed by atoms with van der Waals surface area (Å²) in [6.07, 6.45) is 0.689. The fraction of sp³-hybridized carbons (Fsp3) is 0.400. The molecule has 0 fully saturated rings. The van der Waals surface area contributed by atoms with Crippen molar-refractivity contribution in [2.45, 2.75) is 31.2 Å². The van der Waals surface area contributed by atoms with Gasteiger partial charge in [-0.3, -0.25) is 0 Å². The van der Waals surface area contributed by atoms with Crippen LogP contribution in [0.15, 0.2) is 29.2 Å². The molecule has 0 bridgehead atoms. The molecule has 0 saturated heterocycles. The molecule has 0 spiro atoms. The van der Waals surface area contributed by atoms with Crippen molar-refractivity contribution in [3.63, 3.8) is 0 Å². The van der Waals surface area contributed by atoms with Gasteiger partial charge in [-0.25, -0.2) is 17.5 Å². The first-order chi connectivity index (χ1) is 6.95. The van der Waals surface area contributed by atoms with Crippen LogP contribution >= 0.6 is 0 Å². The normalized spacial score (nSPS) is 13.8. The topological polar surface area (TPSA) is 46.2 Å². The third-order valence-electron chi connectivity index (χ3n) is 2.08. The molecule has 0 aliphatic heterocycles. The summed E-state index contributed by atoms with van der Waals surface area (Å²) in [5, 5.41) is 0. The molecule has 1 rings (SSSR count). The van der Waals surface area contributed by atoms with Gasteiger partial charge in [0.2, 0.25) is 10.0 Å². The van der Waals surface area contributed by atoms with Gasteiger partial charge in [0, 0.05) is 6.04 Å². The van der Waals surface area contributed by atoms with Gasteiger partial charge >= 0.3 is 0 Å². The molecule has 0 aliphatic carbocycles. The minimum atomic E-state index is -3.58. The molecule has 1 unspecified atom stereocenters. The van der Waals surface area contributed by atoms with Crippen molar-refractivity contribution in [3.8, 4) is 0 Å². The van der Waals surface area contributed by atoms with Crippen LogP contribution in [0.2, 0.25) is 0 Å². The van der Waals surface area contributed by atoms with Crippen molar-refractivity contribution in [1.82, 2.24) is 4.72 Å². The average Bonchev–Trinajstić information content (AvgIpc) is 2.17. The Balaban J connectivity index is 2.96. The van der Waals surface area contributed by atoms with E-state index in [0.29, 0.717) is 6.42 Å². The van der Waals surface area contributed by atoms with Crippen molar-refractivity contribution < 1.29 is 12.8 Å². The van der Waals surface area contributed by atoms with Crippen molar-refractivity contribution in [2.75, 3.05) is 0 Å². The maximum Gasteiger partial charge on any atom is 0.240 e. The Morgan fingerprint density at radius 1 is 1.47 bits per heavy atom. The van der Waals surface area contributed by atoms with E-state index in [0.717, 1.165) is 6.07 Å². The zero-order chi connectivity index (χ0) is 11.5. The van der Waals surface area contributed by atoms with E-state index in [2.05, 4.69) is 4.72 Å². The van der Waals surface area contributed by atoms with Crippen LogP contribution in [0.1, 0.15) is 20.3 Å². The van der Waals surface area contributed by atoms with Crippen LogP contribution in [0, 0.1) is 5.82 Å². The minimum Gasteiger partial charge on any atom is -0.208 e. The molecule has 1 aromatic carbocycles. The summed E-state index contributed by atoms with van der Waals surface area (Å²) in [4.78, 5) is -0.0391. The number of sulfonamides is 1. The highest BCUT2D eigenvalue weighted by Gasteiger charge is 2.16. The van der Waals surface area contributed by atoms with Crippen LogP contribution in [0.3, 0.4) is 0 Å².